The van der Waals surface area contributed by atoms with Gasteiger partial charge in [0.2, 0.25) is 0 Å². The Balaban J connectivity index is 0.000000366. The van der Waals surface area contributed by atoms with Crippen molar-refractivity contribution in [2.75, 3.05) is 27.7 Å². The van der Waals surface area contributed by atoms with Crippen LogP contribution in [-0.4, -0.2) is 87.3 Å². The molecular formula is C23H35NO9. The van der Waals surface area contributed by atoms with E-state index in [1.165, 1.54) is 12.0 Å². The Hall–Kier alpha value is -2.69. The van der Waals surface area contributed by atoms with Crippen molar-refractivity contribution in [1.82, 2.24) is 4.90 Å². The number of carbonyl (C=O) groups is 3. The molecule has 0 amide bonds. The van der Waals surface area contributed by atoms with Crippen molar-refractivity contribution >= 4 is 17.9 Å². The van der Waals surface area contributed by atoms with Crippen molar-refractivity contribution < 1.29 is 44.7 Å². The number of benzene rings is 1. The molecule has 1 aliphatic rings. The van der Waals surface area contributed by atoms with Crippen LogP contribution in [0.1, 0.15) is 56.4 Å². The zero-order valence-electron chi connectivity index (χ0n) is 19.4. The highest BCUT2D eigenvalue weighted by Crippen LogP contribution is 2.40. The summed E-state index contributed by atoms with van der Waals surface area (Å²) in [6.07, 6.45) is 3.06. The summed E-state index contributed by atoms with van der Waals surface area (Å²) in [5, 5.41) is 44.9. The number of aliphatic hydroxyl groups is 2. The monoisotopic (exact) mass is 469 g/mol. The van der Waals surface area contributed by atoms with Crippen molar-refractivity contribution in [3.63, 3.8) is 0 Å². The summed E-state index contributed by atoms with van der Waals surface area (Å²) in [5.41, 5.74) is -2.08. The molecule has 186 valence electrons. The second kappa shape index (κ2) is 12.5. The van der Waals surface area contributed by atoms with Gasteiger partial charge in [0.15, 0.2) is 5.60 Å². The fourth-order valence-corrected chi connectivity index (χ4v) is 4.01. The molecule has 0 aromatic heterocycles. The standard InChI is InChI=1S/C17H27NO2.C6H8O7/c1-18(2)13-16(17(19)11-5-4-6-12-17)14-7-9-15(20-3)10-8-14;7-3(8)1-6(13,5(11)12)2-4(9)10/h7-10,16,19H,4-6,11-13H2,1-3H3;13H,1-2H2,(H,7,8)(H,9,10)(H,11,12). The van der Waals surface area contributed by atoms with Gasteiger partial charge in [0, 0.05) is 12.5 Å². The first-order chi connectivity index (χ1) is 15.3. The largest absolute Gasteiger partial charge is 0.497 e. The summed E-state index contributed by atoms with van der Waals surface area (Å²) >= 11 is 0. The minimum atomic E-state index is -2.74. The first kappa shape index (κ1) is 28.3. The normalized spacial score (nSPS) is 16.3. The highest BCUT2D eigenvalue weighted by Gasteiger charge is 2.41. The molecule has 0 bridgehead atoms. The van der Waals surface area contributed by atoms with Crippen molar-refractivity contribution in [3.8, 4) is 5.75 Å². The lowest BCUT2D eigenvalue weighted by molar-refractivity contribution is -0.170. The van der Waals surface area contributed by atoms with E-state index in [0.717, 1.165) is 38.0 Å². The number of likely N-dealkylation sites (N-methyl/N-ethyl adjacent to an activating group) is 1. The summed E-state index contributed by atoms with van der Waals surface area (Å²) in [4.78, 5) is 32.7. The third kappa shape index (κ3) is 8.99. The Kier molecular flexibility index (Phi) is 10.8. The van der Waals surface area contributed by atoms with Gasteiger partial charge in [-0.15, -0.1) is 0 Å². The third-order valence-corrected chi connectivity index (χ3v) is 5.72. The van der Waals surface area contributed by atoms with Crippen LogP contribution in [0.25, 0.3) is 0 Å². The van der Waals surface area contributed by atoms with Crippen LogP contribution in [0.15, 0.2) is 24.3 Å². The van der Waals surface area contributed by atoms with E-state index in [1.54, 1.807) is 7.11 Å². The molecule has 1 saturated carbocycles. The Bertz CT molecular complexity index is 770. The van der Waals surface area contributed by atoms with Gasteiger partial charge in [-0.1, -0.05) is 31.4 Å². The molecule has 10 nitrogen and oxygen atoms in total. The van der Waals surface area contributed by atoms with E-state index in [2.05, 4.69) is 31.1 Å². The summed E-state index contributed by atoms with van der Waals surface area (Å²) in [6, 6.07) is 8.17. The number of nitrogens with zero attached hydrogens (tertiary/aromatic N) is 1. The summed E-state index contributed by atoms with van der Waals surface area (Å²) < 4.78 is 5.23. The van der Waals surface area contributed by atoms with E-state index in [9.17, 15) is 19.5 Å². The van der Waals surface area contributed by atoms with Crippen molar-refractivity contribution in [3.05, 3.63) is 29.8 Å². The highest BCUT2D eigenvalue weighted by molar-refractivity contribution is 5.88. The lowest BCUT2D eigenvalue weighted by Gasteiger charge is -2.40. The number of ether oxygens (including phenoxy) is 1. The van der Waals surface area contributed by atoms with Gasteiger partial charge in [-0.25, -0.2) is 4.79 Å². The lowest BCUT2D eigenvalue weighted by atomic mass is 9.72. The number of hydrogen-bond donors (Lipinski definition) is 5. The lowest BCUT2D eigenvalue weighted by Crippen LogP contribution is -2.42. The van der Waals surface area contributed by atoms with Crippen LogP contribution in [0.4, 0.5) is 0 Å². The summed E-state index contributed by atoms with van der Waals surface area (Å²) in [7, 11) is 5.83. The van der Waals surface area contributed by atoms with Crippen LogP contribution in [0, 0.1) is 0 Å². The Labute approximate surface area is 193 Å². The molecule has 5 N–H and O–H groups in total. The van der Waals surface area contributed by atoms with Gasteiger partial charge in [-0.3, -0.25) is 9.59 Å². The van der Waals surface area contributed by atoms with Crippen LogP contribution in [-0.2, 0) is 14.4 Å². The first-order valence-electron chi connectivity index (χ1n) is 10.7. The zero-order valence-corrected chi connectivity index (χ0v) is 19.4. The van der Waals surface area contributed by atoms with E-state index in [0.29, 0.717) is 0 Å². The number of carboxylic acid groups (broad SMARTS) is 3. The molecule has 1 atom stereocenters. The topological polar surface area (TPSA) is 165 Å². The SMILES string of the molecule is COc1ccc(C(CN(C)C)C2(O)CCCCC2)cc1.O=C(O)CC(O)(CC(=O)O)C(=O)O. The number of rotatable bonds is 10. The van der Waals surface area contributed by atoms with Gasteiger partial charge in [0.1, 0.15) is 5.75 Å². The fraction of sp³-hybridized carbons (Fsp3) is 0.609. The predicted molar refractivity (Wildman–Crippen MR) is 119 cm³/mol. The molecule has 0 saturated heterocycles. The highest BCUT2D eigenvalue weighted by atomic mass is 16.5. The van der Waals surface area contributed by atoms with Crippen LogP contribution >= 0.6 is 0 Å². The molecule has 33 heavy (non-hydrogen) atoms. The van der Waals surface area contributed by atoms with E-state index in [1.807, 2.05) is 12.1 Å². The van der Waals surface area contributed by atoms with Crippen molar-refractivity contribution in [2.24, 2.45) is 0 Å². The molecule has 1 aliphatic carbocycles. The molecule has 1 aromatic rings. The van der Waals surface area contributed by atoms with Crippen LogP contribution in [0.2, 0.25) is 0 Å². The summed E-state index contributed by atoms with van der Waals surface area (Å²) in [6.45, 7) is 0.878. The smallest absolute Gasteiger partial charge is 0.336 e. The molecule has 0 spiro atoms. The molecular weight excluding hydrogens is 434 g/mol. The molecule has 10 heteroatoms. The number of methoxy groups -OCH3 is 1. The van der Waals surface area contributed by atoms with Gasteiger partial charge in [0.25, 0.3) is 0 Å². The summed E-state index contributed by atoms with van der Waals surface area (Å²) in [5.74, 6) is -3.98. The van der Waals surface area contributed by atoms with Gasteiger partial charge in [0.05, 0.1) is 25.6 Å². The number of carboxylic acids is 3. The van der Waals surface area contributed by atoms with Crippen molar-refractivity contribution in [2.45, 2.75) is 62.1 Å². The van der Waals surface area contributed by atoms with Crippen LogP contribution in [0.3, 0.4) is 0 Å². The van der Waals surface area contributed by atoms with Gasteiger partial charge in [-0.2, -0.15) is 0 Å². The second-order valence-electron chi connectivity index (χ2n) is 8.73. The second-order valence-corrected chi connectivity index (χ2v) is 8.73. The molecule has 0 radical (unpaired) electrons. The minimum Gasteiger partial charge on any atom is -0.497 e. The first-order valence-corrected chi connectivity index (χ1v) is 10.7. The molecule has 0 aliphatic heterocycles. The molecule has 1 unspecified atom stereocenters. The maximum atomic E-state index is 11.1. The van der Waals surface area contributed by atoms with Crippen LogP contribution in [0.5, 0.6) is 5.75 Å². The minimum absolute atomic E-state index is 0.170. The van der Waals surface area contributed by atoms with Gasteiger partial charge in [-0.05, 0) is 44.6 Å². The number of hydrogen-bond acceptors (Lipinski definition) is 7. The zero-order chi connectivity index (χ0) is 25.2. The maximum absolute atomic E-state index is 11.1. The molecule has 0 heterocycles. The van der Waals surface area contributed by atoms with Gasteiger partial charge >= 0.3 is 17.9 Å². The predicted octanol–water partition coefficient (Wildman–Crippen LogP) is 1.79. The number of aliphatic carboxylic acids is 3. The van der Waals surface area contributed by atoms with Crippen LogP contribution < -0.4 is 4.74 Å². The fourth-order valence-electron chi connectivity index (χ4n) is 4.01. The van der Waals surface area contributed by atoms with Gasteiger partial charge < -0.3 is 35.2 Å². The molecule has 2 rings (SSSR count). The van der Waals surface area contributed by atoms with E-state index >= 15 is 0 Å². The van der Waals surface area contributed by atoms with Crippen molar-refractivity contribution in [1.29, 1.82) is 0 Å². The Morgan fingerprint density at radius 1 is 1.00 bits per heavy atom. The third-order valence-electron chi connectivity index (χ3n) is 5.72. The van der Waals surface area contributed by atoms with E-state index < -0.39 is 42.0 Å². The Morgan fingerprint density at radius 2 is 1.48 bits per heavy atom. The quantitative estimate of drug-likeness (QED) is 0.341. The maximum Gasteiger partial charge on any atom is 0.336 e. The average Bonchev–Trinajstić information content (AvgIpc) is 2.71. The molecule has 1 aromatic carbocycles. The molecule has 1 fully saturated rings. The average molecular weight is 470 g/mol. The van der Waals surface area contributed by atoms with E-state index in [4.69, 9.17) is 25.2 Å². The Morgan fingerprint density at radius 3 is 1.85 bits per heavy atom. The van der Waals surface area contributed by atoms with E-state index in [-0.39, 0.29) is 5.92 Å².